The molecule has 0 saturated heterocycles. The molecule has 0 aliphatic carbocycles. The number of hydrogen-bond acceptors (Lipinski definition) is 8. The second kappa shape index (κ2) is 9.01. The van der Waals surface area contributed by atoms with Crippen LogP contribution in [0.4, 0.5) is 0 Å². The largest absolute Gasteiger partial charge is 0.299 e. The third kappa shape index (κ3) is 16.0. The molecule has 0 heterocycles. The minimum atomic E-state index is -0.0832. The first-order valence-corrected chi connectivity index (χ1v) is 11.9. The molecule has 8 heteroatoms. The first kappa shape index (κ1) is 18.0. The first-order valence-electron chi connectivity index (χ1n) is 4.57. The molecule has 0 N–H and O–H groups in total. The summed E-state index contributed by atoms with van der Waals surface area (Å²) >= 11 is 2.84. The van der Waals surface area contributed by atoms with Crippen molar-refractivity contribution in [2.75, 3.05) is 0 Å². The Bertz CT molecular complexity index is 156. The maximum Gasteiger partial charge on any atom is 0.0755 e. The SMILES string of the molecule is CC(C)(C)OSSSSSSOC(C)(C)C. The van der Waals surface area contributed by atoms with Crippen molar-refractivity contribution in [2.45, 2.75) is 52.7 Å². The Hall–Kier alpha value is 2.02. The van der Waals surface area contributed by atoms with E-state index in [0.29, 0.717) is 0 Å². The van der Waals surface area contributed by atoms with Crippen LogP contribution in [0.5, 0.6) is 0 Å². The quantitative estimate of drug-likeness (QED) is 0.297. The van der Waals surface area contributed by atoms with Crippen molar-refractivity contribution >= 4 is 61.5 Å². The topological polar surface area (TPSA) is 18.5 Å². The number of rotatable bonds is 7. The molecule has 0 bridgehead atoms. The van der Waals surface area contributed by atoms with Crippen molar-refractivity contribution in [1.29, 1.82) is 0 Å². The molecule has 0 aliphatic heterocycles. The molecule has 0 aromatic rings. The lowest BCUT2D eigenvalue weighted by molar-refractivity contribution is 0.167. The van der Waals surface area contributed by atoms with Gasteiger partial charge in [0.15, 0.2) is 0 Å². The highest BCUT2D eigenvalue weighted by Crippen LogP contribution is 2.53. The molecule has 0 amide bonds. The molecule has 0 unspecified atom stereocenters. The van der Waals surface area contributed by atoms with Crippen LogP contribution in [0.15, 0.2) is 0 Å². The summed E-state index contributed by atoms with van der Waals surface area (Å²) in [5, 5.41) is 0. The van der Waals surface area contributed by atoms with Crippen molar-refractivity contribution < 1.29 is 8.37 Å². The van der Waals surface area contributed by atoms with Gasteiger partial charge in [-0.2, -0.15) is 0 Å². The number of hydrogen-bond donors (Lipinski definition) is 0. The van der Waals surface area contributed by atoms with Crippen molar-refractivity contribution in [3.05, 3.63) is 0 Å². The van der Waals surface area contributed by atoms with E-state index in [-0.39, 0.29) is 11.2 Å². The van der Waals surface area contributed by atoms with Crippen LogP contribution in [0, 0.1) is 0 Å². The van der Waals surface area contributed by atoms with Crippen LogP contribution >= 0.6 is 61.5 Å². The van der Waals surface area contributed by atoms with Gasteiger partial charge in [0.05, 0.1) is 33.4 Å². The maximum absolute atomic E-state index is 5.49. The van der Waals surface area contributed by atoms with Crippen LogP contribution in [0.1, 0.15) is 41.5 Å². The molecule has 98 valence electrons. The summed E-state index contributed by atoms with van der Waals surface area (Å²) in [5.41, 5.74) is -0.166. The third-order valence-electron chi connectivity index (χ3n) is 0.707. The Morgan fingerprint density at radius 1 is 0.562 bits per heavy atom. The summed E-state index contributed by atoms with van der Waals surface area (Å²) in [6, 6.07) is 0. The van der Waals surface area contributed by atoms with E-state index in [1.807, 2.05) is 41.5 Å². The van der Waals surface area contributed by atoms with E-state index in [9.17, 15) is 0 Å². The van der Waals surface area contributed by atoms with Gasteiger partial charge < -0.3 is 0 Å². The fourth-order valence-electron chi connectivity index (χ4n) is 0.277. The van der Waals surface area contributed by atoms with Gasteiger partial charge in [-0.3, -0.25) is 8.37 Å². The molecule has 0 rings (SSSR count). The monoisotopic (exact) mass is 338 g/mol. The fraction of sp³-hybridized carbons (Fsp3) is 1.00. The van der Waals surface area contributed by atoms with Crippen molar-refractivity contribution in [1.82, 2.24) is 0 Å². The highest BCUT2D eigenvalue weighted by Gasteiger charge is 2.12. The van der Waals surface area contributed by atoms with Crippen LogP contribution in [0.3, 0.4) is 0 Å². The molecular weight excluding hydrogens is 320 g/mol. The van der Waals surface area contributed by atoms with Gasteiger partial charge in [0.1, 0.15) is 0 Å². The van der Waals surface area contributed by atoms with Gasteiger partial charge >= 0.3 is 0 Å². The summed E-state index contributed by atoms with van der Waals surface area (Å²) < 4.78 is 11.0. The highest BCUT2D eigenvalue weighted by molar-refractivity contribution is 9.41. The van der Waals surface area contributed by atoms with Gasteiger partial charge in [-0.1, -0.05) is 0 Å². The summed E-state index contributed by atoms with van der Waals surface area (Å²) in [7, 11) is 6.60. The molecule has 0 spiro atoms. The average Bonchev–Trinajstić information content (AvgIpc) is 2.06. The highest BCUT2D eigenvalue weighted by atomic mass is 33.9. The van der Waals surface area contributed by atoms with Gasteiger partial charge in [0.2, 0.25) is 0 Å². The van der Waals surface area contributed by atoms with Crippen LogP contribution in [-0.2, 0) is 8.37 Å². The Labute approximate surface area is 122 Å². The minimum Gasteiger partial charge on any atom is -0.299 e. The van der Waals surface area contributed by atoms with Gasteiger partial charge in [0, 0.05) is 39.3 Å². The zero-order valence-corrected chi connectivity index (χ0v) is 15.2. The third-order valence-corrected chi connectivity index (χ3v) is 10.4. The average molecular weight is 339 g/mol. The zero-order chi connectivity index (χ0) is 12.7. The Balaban J connectivity index is 3.17. The Kier molecular flexibility index (Phi) is 10.1. The molecule has 2 nitrogen and oxygen atoms in total. The smallest absolute Gasteiger partial charge is 0.0755 e. The van der Waals surface area contributed by atoms with Crippen molar-refractivity contribution in [3.63, 3.8) is 0 Å². The van der Waals surface area contributed by atoms with E-state index in [0.717, 1.165) is 0 Å². The summed E-state index contributed by atoms with van der Waals surface area (Å²) in [6.07, 6.45) is 0. The maximum atomic E-state index is 5.49. The first-order chi connectivity index (χ1) is 7.21. The molecule has 0 radical (unpaired) electrons. The van der Waals surface area contributed by atoms with Gasteiger partial charge in [-0.25, -0.2) is 0 Å². The predicted molar refractivity (Wildman–Crippen MR) is 87.2 cm³/mol. The lowest BCUT2D eigenvalue weighted by Crippen LogP contribution is -2.13. The van der Waals surface area contributed by atoms with E-state index < -0.39 is 0 Å². The zero-order valence-electron chi connectivity index (χ0n) is 10.3. The van der Waals surface area contributed by atoms with Gasteiger partial charge in [-0.05, 0) is 41.5 Å². The molecule has 0 aromatic carbocycles. The van der Waals surface area contributed by atoms with Gasteiger partial charge in [0.25, 0.3) is 0 Å². The van der Waals surface area contributed by atoms with E-state index >= 15 is 0 Å². The van der Waals surface area contributed by atoms with E-state index in [1.165, 1.54) is 22.1 Å². The van der Waals surface area contributed by atoms with Crippen LogP contribution in [0.2, 0.25) is 0 Å². The predicted octanol–water partition coefficient (Wildman–Crippen LogP) is 6.42. The second-order valence-corrected chi connectivity index (χ2v) is 13.3. The minimum absolute atomic E-state index is 0.0832. The second-order valence-electron chi connectivity index (χ2n) is 4.80. The molecule has 0 saturated carbocycles. The molecule has 0 aliphatic rings. The van der Waals surface area contributed by atoms with E-state index in [2.05, 4.69) is 0 Å². The molecule has 0 atom stereocenters. The van der Waals surface area contributed by atoms with Crippen molar-refractivity contribution in [3.8, 4) is 0 Å². The standard InChI is InChI=1S/C8H18O2S6/c1-7(2,3)9-11-13-15-16-14-12-10-8(4,5)6/h1-6H3. The van der Waals surface area contributed by atoms with Crippen LogP contribution in [-0.4, -0.2) is 11.2 Å². The summed E-state index contributed by atoms with van der Waals surface area (Å²) in [4.78, 5) is 0. The van der Waals surface area contributed by atoms with Gasteiger partial charge in [-0.15, -0.1) is 0 Å². The lowest BCUT2D eigenvalue weighted by Gasteiger charge is -2.17. The Morgan fingerprint density at radius 2 is 0.875 bits per heavy atom. The van der Waals surface area contributed by atoms with Crippen LogP contribution in [0.25, 0.3) is 0 Å². The van der Waals surface area contributed by atoms with Crippen molar-refractivity contribution in [2.24, 2.45) is 0 Å². The molecule has 0 aromatic heterocycles. The van der Waals surface area contributed by atoms with Crippen LogP contribution < -0.4 is 0 Å². The molecular formula is C8H18O2S6. The molecule has 0 fully saturated rings. The Morgan fingerprint density at radius 3 is 1.12 bits per heavy atom. The lowest BCUT2D eigenvalue weighted by atomic mass is 10.2. The summed E-state index contributed by atoms with van der Waals surface area (Å²) in [6.45, 7) is 12.3. The van der Waals surface area contributed by atoms with E-state index in [1.54, 1.807) is 39.3 Å². The normalized spacial score (nSPS) is 13.1. The summed E-state index contributed by atoms with van der Waals surface area (Å²) in [5.74, 6) is 0. The fourth-order valence-corrected chi connectivity index (χ4v) is 9.94. The molecule has 16 heavy (non-hydrogen) atoms. The van der Waals surface area contributed by atoms with E-state index in [4.69, 9.17) is 8.37 Å².